The lowest BCUT2D eigenvalue weighted by molar-refractivity contribution is -0.119. The van der Waals surface area contributed by atoms with Crippen LogP contribution in [0.2, 0.25) is 0 Å². The highest BCUT2D eigenvalue weighted by Crippen LogP contribution is 2.28. The molecular formula is C17H16FN3O3S. The Hall–Kier alpha value is -2.74. The fourth-order valence-electron chi connectivity index (χ4n) is 2.46. The zero-order valence-corrected chi connectivity index (χ0v) is 14.7. The van der Waals surface area contributed by atoms with Crippen molar-refractivity contribution in [1.82, 2.24) is 9.78 Å². The number of carbonyl (C=O) groups excluding carboxylic acids is 2. The number of halogens is 1. The first kappa shape index (κ1) is 17.1. The molecule has 0 spiro atoms. The van der Waals surface area contributed by atoms with Gasteiger partial charge in [0.1, 0.15) is 10.7 Å². The summed E-state index contributed by atoms with van der Waals surface area (Å²) in [5, 5.41) is 7.25. The van der Waals surface area contributed by atoms with E-state index in [2.05, 4.69) is 10.4 Å². The van der Waals surface area contributed by atoms with E-state index in [1.54, 1.807) is 30.8 Å². The van der Waals surface area contributed by atoms with Crippen LogP contribution in [0.25, 0.3) is 10.1 Å². The van der Waals surface area contributed by atoms with Gasteiger partial charge in [-0.05, 0) is 32.0 Å². The summed E-state index contributed by atoms with van der Waals surface area (Å²) in [7, 11) is 1.78. The molecule has 130 valence electrons. The van der Waals surface area contributed by atoms with E-state index in [-0.39, 0.29) is 4.88 Å². The summed E-state index contributed by atoms with van der Waals surface area (Å²) in [6.07, 6.45) is 0. The molecule has 25 heavy (non-hydrogen) atoms. The Morgan fingerprint density at radius 1 is 1.36 bits per heavy atom. The van der Waals surface area contributed by atoms with E-state index < -0.39 is 24.3 Å². The number of hydrogen-bond donors (Lipinski definition) is 1. The van der Waals surface area contributed by atoms with E-state index in [9.17, 15) is 14.0 Å². The Balaban J connectivity index is 1.65. The fourth-order valence-corrected chi connectivity index (χ4v) is 3.43. The third kappa shape index (κ3) is 3.39. The minimum Gasteiger partial charge on any atom is -0.451 e. The number of hydrogen-bond acceptors (Lipinski definition) is 5. The lowest BCUT2D eigenvalue weighted by atomic mass is 10.2. The van der Waals surface area contributed by atoms with Crippen LogP contribution in [0.4, 0.5) is 10.1 Å². The van der Waals surface area contributed by atoms with Gasteiger partial charge in [0.25, 0.3) is 5.91 Å². The molecule has 8 heteroatoms. The van der Waals surface area contributed by atoms with Gasteiger partial charge < -0.3 is 10.1 Å². The molecule has 1 amide bonds. The quantitative estimate of drug-likeness (QED) is 0.725. The molecule has 2 aromatic heterocycles. The molecule has 3 rings (SSSR count). The molecule has 0 fully saturated rings. The Bertz CT molecular complexity index is 977. The average molecular weight is 361 g/mol. The zero-order valence-electron chi connectivity index (χ0n) is 13.9. The van der Waals surface area contributed by atoms with Gasteiger partial charge >= 0.3 is 5.97 Å². The van der Waals surface area contributed by atoms with Crippen LogP contribution in [0.5, 0.6) is 0 Å². The maximum atomic E-state index is 13.7. The van der Waals surface area contributed by atoms with Crippen molar-refractivity contribution < 1.29 is 18.7 Å². The Kier molecular flexibility index (Phi) is 4.54. The van der Waals surface area contributed by atoms with Gasteiger partial charge in [-0.25, -0.2) is 9.18 Å². The minimum atomic E-state index is -0.657. The van der Waals surface area contributed by atoms with Gasteiger partial charge in [-0.3, -0.25) is 9.48 Å². The number of thiophene rings is 1. The third-order valence-electron chi connectivity index (χ3n) is 3.82. The number of benzene rings is 1. The molecule has 0 saturated heterocycles. The lowest BCUT2D eigenvalue weighted by Crippen LogP contribution is -2.21. The second-order valence-electron chi connectivity index (χ2n) is 5.56. The molecule has 1 N–H and O–H groups in total. The number of aromatic nitrogens is 2. The van der Waals surface area contributed by atoms with Crippen molar-refractivity contribution in [2.24, 2.45) is 7.05 Å². The third-order valence-corrected chi connectivity index (χ3v) is 4.90. The first-order chi connectivity index (χ1) is 11.9. The van der Waals surface area contributed by atoms with Crippen LogP contribution in [0.1, 0.15) is 21.1 Å². The number of nitrogens with one attached hydrogen (secondary N) is 1. The molecule has 0 aliphatic rings. The molecule has 3 aromatic rings. The predicted octanol–water partition coefficient (Wildman–Crippen LogP) is 3.19. The monoisotopic (exact) mass is 361 g/mol. The van der Waals surface area contributed by atoms with E-state index in [4.69, 9.17) is 4.74 Å². The fraction of sp³-hybridized carbons (Fsp3) is 0.235. The van der Waals surface area contributed by atoms with Gasteiger partial charge in [-0.2, -0.15) is 5.10 Å². The van der Waals surface area contributed by atoms with Gasteiger partial charge in [0.15, 0.2) is 6.61 Å². The standard InChI is InChI=1S/C17H16FN3O3S/c1-9-16(10(2)21(3)20-9)19-15(22)8-24-17(23)14-7-11-12(18)5-4-6-13(11)25-14/h4-7H,8H2,1-3H3,(H,19,22). The summed E-state index contributed by atoms with van der Waals surface area (Å²) in [6.45, 7) is 3.18. The second kappa shape index (κ2) is 6.64. The van der Waals surface area contributed by atoms with Gasteiger partial charge in [0, 0.05) is 17.1 Å². The van der Waals surface area contributed by atoms with Crippen molar-refractivity contribution in [3.63, 3.8) is 0 Å². The largest absolute Gasteiger partial charge is 0.451 e. The number of fused-ring (bicyclic) bond motifs is 1. The van der Waals surface area contributed by atoms with E-state index >= 15 is 0 Å². The van der Waals surface area contributed by atoms with Crippen molar-refractivity contribution >= 4 is 39.0 Å². The highest BCUT2D eigenvalue weighted by atomic mass is 32.1. The number of esters is 1. The normalized spacial score (nSPS) is 10.9. The molecule has 1 aromatic carbocycles. The smallest absolute Gasteiger partial charge is 0.348 e. The van der Waals surface area contributed by atoms with Crippen molar-refractivity contribution in [3.8, 4) is 0 Å². The molecule has 0 saturated carbocycles. The first-order valence-electron chi connectivity index (χ1n) is 7.52. The van der Waals surface area contributed by atoms with Gasteiger partial charge in [-0.1, -0.05) is 6.07 Å². The molecule has 0 bridgehead atoms. The SMILES string of the molecule is Cc1nn(C)c(C)c1NC(=O)COC(=O)c1cc2c(F)cccc2s1. The summed E-state index contributed by atoms with van der Waals surface area (Å²) in [6, 6.07) is 6.07. The number of carbonyl (C=O) groups is 2. The second-order valence-corrected chi connectivity index (χ2v) is 6.64. The molecular weight excluding hydrogens is 345 g/mol. The van der Waals surface area contributed by atoms with Crippen LogP contribution >= 0.6 is 11.3 Å². The zero-order chi connectivity index (χ0) is 18.1. The highest BCUT2D eigenvalue weighted by Gasteiger charge is 2.17. The Morgan fingerprint density at radius 2 is 2.12 bits per heavy atom. The molecule has 6 nitrogen and oxygen atoms in total. The van der Waals surface area contributed by atoms with Gasteiger partial charge in [0.2, 0.25) is 0 Å². The van der Waals surface area contributed by atoms with Crippen LogP contribution in [0.3, 0.4) is 0 Å². The molecule has 0 aliphatic carbocycles. The van der Waals surface area contributed by atoms with Crippen LogP contribution < -0.4 is 5.32 Å². The van der Waals surface area contributed by atoms with Crippen LogP contribution in [0.15, 0.2) is 24.3 Å². The van der Waals surface area contributed by atoms with Gasteiger partial charge in [-0.15, -0.1) is 11.3 Å². The topological polar surface area (TPSA) is 73.2 Å². The van der Waals surface area contributed by atoms with Crippen LogP contribution in [-0.2, 0) is 16.6 Å². The molecule has 0 atom stereocenters. The number of anilines is 1. The molecule has 2 heterocycles. The summed E-state index contributed by atoms with van der Waals surface area (Å²) >= 11 is 1.12. The van der Waals surface area contributed by atoms with Crippen LogP contribution in [0, 0.1) is 19.7 Å². The Labute approximate surface area is 147 Å². The molecule has 0 radical (unpaired) electrons. The number of aryl methyl sites for hydroxylation is 2. The maximum absolute atomic E-state index is 13.7. The summed E-state index contributed by atoms with van der Waals surface area (Å²) < 4.78 is 21.0. The average Bonchev–Trinajstić information content (AvgIpc) is 3.11. The van der Waals surface area contributed by atoms with Crippen molar-refractivity contribution in [2.45, 2.75) is 13.8 Å². The molecule has 0 unspecified atom stereocenters. The summed E-state index contributed by atoms with van der Waals surface area (Å²) in [5.74, 6) is -1.51. The van der Waals surface area contributed by atoms with E-state index in [1.807, 2.05) is 6.92 Å². The van der Waals surface area contributed by atoms with E-state index in [0.717, 1.165) is 17.0 Å². The first-order valence-corrected chi connectivity index (χ1v) is 8.33. The van der Waals surface area contributed by atoms with E-state index in [1.165, 1.54) is 12.1 Å². The van der Waals surface area contributed by atoms with Crippen molar-refractivity contribution in [1.29, 1.82) is 0 Å². The molecule has 0 aliphatic heterocycles. The van der Waals surface area contributed by atoms with E-state index in [0.29, 0.717) is 21.5 Å². The number of nitrogens with zero attached hydrogens (tertiary/aromatic N) is 2. The maximum Gasteiger partial charge on any atom is 0.348 e. The predicted molar refractivity (Wildman–Crippen MR) is 93.4 cm³/mol. The van der Waals surface area contributed by atoms with Crippen LogP contribution in [-0.4, -0.2) is 28.3 Å². The van der Waals surface area contributed by atoms with Gasteiger partial charge in [0.05, 0.1) is 17.1 Å². The number of amides is 1. The lowest BCUT2D eigenvalue weighted by Gasteiger charge is -2.06. The minimum absolute atomic E-state index is 0.252. The number of rotatable bonds is 4. The summed E-state index contributed by atoms with van der Waals surface area (Å²) in [4.78, 5) is 24.3. The Morgan fingerprint density at radius 3 is 2.76 bits per heavy atom. The van der Waals surface area contributed by atoms with Crippen molar-refractivity contribution in [3.05, 3.63) is 46.3 Å². The number of ether oxygens (including phenoxy) is 1. The highest BCUT2D eigenvalue weighted by molar-refractivity contribution is 7.20. The summed E-state index contributed by atoms with van der Waals surface area (Å²) in [5.41, 5.74) is 2.09. The van der Waals surface area contributed by atoms with Crippen molar-refractivity contribution in [2.75, 3.05) is 11.9 Å².